The number of rotatable bonds is 3. The summed E-state index contributed by atoms with van der Waals surface area (Å²) < 4.78 is 0. The Kier molecular flexibility index (Phi) is 4.51. The van der Waals surface area contributed by atoms with Crippen LogP contribution in [0.3, 0.4) is 0 Å². The molecule has 3 N–H and O–H groups in total. The molecule has 0 unspecified atom stereocenters. The molecule has 1 heterocycles. The summed E-state index contributed by atoms with van der Waals surface area (Å²) in [5, 5.41) is 16.7. The van der Waals surface area contributed by atoms with Crippen LogP contribution in [0.1, 0.15) is 52.4 Å². The topological polar surface area (TPSA) is 61.4 Å². The molecule has 0 bridgehead atoms. The fourth-order valence-electron chi connectivity index (χ4n) is 3.04. The molecule has 1 saturated heterocycles. The van der Waals surface area contributed by atoms with Crippen molar-refractivity contribution < 1.29 is 9.90 Å². The van der Waals surface area contributed by atoms with E-state index in [-0.39, 0.29) is 11.8 Å². The van der Waals surface area contributed by atoms with Gasteiger partial charge in [0.2, 0.25) is 5.91 Å². The summed E-state index contributed by atoms with van der Waals surface area (Å²) in [7, 11) is 0. The van der Waals surface area contributed by atoms with E-state index in [1.165, 1.54) is 0 Å². The van der Waals surface area contributed by atoms with Gasteiger partial charge in [0.05, 0.1) is 11.5 Å². The third-order valence-electron chi connectivity index (χ3n) is 4.79. The second kappa shape index (κ2) is 5.80. The number of hydrogen-bond acceptors (Lipinski definition) is 3. The van der Waals surface area contributed by atoms with Gasteiger partial charge < -0.3 is 15.7 Å². The molecule has 4 heteroatoms. The van der Waals surface area contributed by atoms with Crippen molar-refractivity contribution in [3.05, 3.63) is 0 Å². The maximum absolute atomic E-state index is 12.0. The van der Waals surface area contributed by atoms with E-state index < -0.39 is 5.60 Å². The molecule has 1 aliphatic heterocycles. The summed E-state index contributed by atoms with van der Waals surface area (Å²) in [6, 6.07) is 0. The fraction of sp³-hybridized carbons (Fsp3) is 0.933. The first-order chi connectivity index (χ1) is 8.90. The average molecular weight is 268 g/mol. The molecular weight excluding hydrogens is 240 g/mol. The van der Waals surface area contributed by atoms with Gasteiger partial charge in [-0.3, -0.25) is 4.79 Å². The lowest BCUT2D eigenvalue weighted by atomic mass is 9.71. The molecule has 1 saturated carbocycles. The van der Waals surface area contributed by atoms with Crippen LogP contribution in [0.5, 0.6) is 0 Å². The molecule has 0 aromatic rings. The smallest absolute Gasteiger partial charge is 0.224 e. The number of carbonyl (C=O) groups is 1. The number of amides is 1. The monoisotopic (exact) mass is 268 g/mol. The molecule has 2 rings (SSSR count). The molecule has 4 nitrogen and oxygen atoms in total. The van der Waals surface area contributed by atoms with Crippen molar-refractivity contribution in [1.29, 1.82) is 0 Å². The maximum Gasteiger partial charge on any atom is 0.224 e. The van der Waals surface area contributed by atoms with Gasteiger partial charge in [-0.15, -0.1) is 0 Å². The Labute approximate surface area is 116 Å². The number of carbonyl (C=O) groups excluding carboxylic acids is 1. The summed E-state index contributed by atoms with van der Waals surface area (Å²) in [5.41, 5.74) is -0.350. The van der Waals surface area contributed by atoms with Crippen LogP contribution in [0, 0.1) is 11.3 Å². The highest BCUT2D eigenvalue weighted by atomic mass is 16.3. The third-order valence-corrected chi connectivity index (χ3v) is 4.79. The molecule has 2 aliphatic rings. The molecule has 0 spiro atoms. The van der Waals surface area contributed by atoms with Gasteiger partial charge in [-0.05, 0) is 50.5 Å². The Morgan fingerprint density at radius 2 is 2.00 bits per heavy atom. The van der Waals surface area contributed by atoms with Gasteiger partial charge in [-0.1, -0.05) is 13.8 Å². The molecule has 0 aromatic carbocycles. The van der Waals surface area contributed by atoms with Gasteiger partial charge in [0.1, 0.15) is 0 Å². The van der Waals surface area contributed by atoms with Crippen molar-refractivity contribution in [2.24, 2.45) is 11.3 Å². The van der Waals surface area contributed by atoms with Gasteiger partial charge in [0.15, 0.2) is 0 Å². The third kappa shape index (κ3) is 4.18. The lowest BCUT2D eigenvalue weighted by Gasteiger charge is -2.40. The van der Waals surface area contributed by atoms with Crippen molar-refractivity contribution >= 4 is 5.91 Å². The molecule has 1 aliphatic carbocycles. The lowest BCUT2D eigenvalue weighted by molar-refractivity contribution is -0.127. The van der Waals surface area contributed by atoms with E-state index >= 15 is 0 Å². The maximum atomic E-state index is 12.0. The highest BCUT2D eigenvalue weighted by Gasteiger charge is 2.37. The predicted molar refractivity (Wildman–Crippen MR) is 75.8 cm³/mol. The molecule has 2 fully saturated rings. The van der Waals surface area contributed by atoms with Gasteiger partial charge >= 0.3 is 0 Å². The first kappa shape index (κ1) is 14.8. The van der Waals surface area contributed by atoms with Gasteiger partial charge in [0, 0.05) is 13.1 Å². The zero-order valence-electron chi connectivity index (χ0n) is 12.3. The standard InChI is InChI=1S/C15H28N2O2/c1-14(2)5-7-15(19,8-6-14)11-17-13(18)12-4-3-9-16-10-12/h12,16,19H,3-11H2,1-2H3,(H,17,18)/t12-/m1/s1. The molecule has 0 aromatic heterocycles. The van der Waals surface area contributed by atoms with Crippen LogP contribution < -0.4 is 10.6 Å². The summed E-state index contributed by atoms with van der Waals surface area (Å²) in [4.78, 5) is 12.0. The van der Waals surface area contributed by atoms with Gasteiger partial charge in [-0.2, -0.15) is 0 Å². The van der Waals surface area contributed by atoms with Crippen molar-refractivity contribution in [1.82, 2.24) is 10.6 Å². The van der Waals surface area contributed by atoms with E-state index in [1.54, 1.807) is 0 Å². The molecule has 110 valence electrons. The highest BCUT2D eigenvalue weighted by Crippen LogP contribution is 2.39. The van der Waals surface area contributed by atoms with Crippen LogP contribution >= 0.6 is 0 Å². The number of nitrogens with one attached hydrogen (secondary N) is 2. The summed E-state index contributed by atoms with van der Waals surface area (Å²) in [6.07, 6.45) is 5.68. The van der Waals surface area contributed by atoms with E-state index in [0.29, 0.717) is 12.0 Å². The minimum Gasteiger partial charge on any atom is -0.388 e. The highest BCUT2D eigenvalue weighted by molar-refractivity contribution is 5.79. The minimum atomic E-state index is -0.687. The van der Waals surface area contributed by atoms with Crippen molar-refractivity contribution in [2.45, 2.75) is 58.0 Å². The Morgan fingerprint density at radius 1 is 1.32 bits per heavy atom. The van der Waals surface area contributed by atoms with E-state index in [4.69, 9.17) is 0 Å². The Morgan fingerprint density at radius 3 is 2.58 bits per heavy atom. The minimum absolute atomic E-state index is 0.0809. The zero-order chi connectivity index (χ0) is 13.9. The predicted octanol–water partition coefficient (Wildman–Crippen LogP) is 1.43. The molecule has 19 heavy (non-hydrogen) atoms. The molecule has 0 radical (unpaired) electrons. The second-order valence-corrected chi connectivity index (χ2v) is 7.15. The van der Waals surface area contributed by atoms with Gasteiger partial charge in [0.25, 0.3) is 0 Å². The molecule has 1 atom stereocenters. The van der Waals surface area contributed by atoms with E-state index in [0.717, 1.165) is 51.6 Å². The van der Waals surface area contributed by atoms with E-state index in [1.807, 2.05) is 0 Å². The normalized spacial score (nSPS) is 29.7. The SMILES string of the molecule is CC1(C)CCC(O)(CNC(=O)[C@@H]2CCCNC2)CC1. The number of piperidine rings is 1. The van der Waals surface area contributed by atoms with E-state index in [9.17, 15) is 9.90 Å². The number of hydrogen-bond donors (Lipinski definition) is 3. The van der Waals surface area contributed by atoms with Crippen LogP contribution in [-0.2, 0) is 4.79 Å². The fourth-order valence-corrected chi connectivity index (χ4v) is 3.04. The summed E-state index contributed by atoms with van der Waals surface area (Å²) in [5.74, 6) is 0.183. The first-order valence-electron chi connectivity index (χ1n) is 7.61. The van der Waals surface area contributed by atoms with Crippen LogP contribution in [0.2, 0.25) is 0 Å². The van der Waals surface area contributed by atoms with Crippen LogP contribution in [-0.4, -0.2) is 36.2 Å². The van der Waals surface area contributed by atoms with Crippen molar-refractivity contribution in [3.8, 4) is 0 Å². The van der Waals surface area contributed by atoms with E-state index in [2.05, 4.69) is 24.5 Å². The quantitative estimate of drug-likeness (QED) is 0.726. The van der Waals surface area contributed by atoms with Crippen molar-refractivity contribution in [3.63, 3.8) is 0 Å². The Hall–Kier alpha value is -0.610. The molecule has 1 amide bonds. The van der Waals surface area contributed by atoms with Crippen molar-refractivity contribution in [2.75, 3.05) is 19.6 Å². The largest absolute Gasteiger partial charge is 0.388 e. The van der Waals surface area contributed by atoms with Crippen LogP contribution in [0.25, 0.3) is 0 Å². The average Bonchev–Trinajstić information content (AvgIpc) is 2.41. The molecular formula is C15H28N2O2. The van der Waals surface area contributed by atoms with Gasteiger partial charge in [-0.25, -0.2) is 0 Å². The Bertz CT molecular complexity index is 312. The van der Waals surface area contributed by atoms with Crippen LogP contribution in [0.4, 0.5) is 0 Å². The number of aliphatic hydroxyl groups is 1. The summed E-state index contributed by atoms with van der Waals surface area (Å²) >= 11 is 0. The zero-order valence-corrected chi connectivity index (χ0v) is 12.3. The first-order valence-corrected chi connectivity index (χ1v) is 7.61. The Balaban J connectivity index is 1.76. The summed E-state index contributed by atoms with van der Waals surface area (Å²) in [6.45, 7) is 6.70. The lowest BCUT2D eigenvalue weighted by Crippen LogP contribution is -2.49. The van der Waals surface area contributed by atoms with Crippen LogP contribution in [0.15, 0.2) is 0 Å². The second-order valence-electron chi connectivity index (χ2n) is 7.15.